The molecule has 9 nitrogen and oxygen atoms in total. The van der Waals surface area contributed by atoms with Crippen molar-refractivity contribution in [2.75, 3.05) is 7.11 Å². The summed E-state index contributed by atoms with van der Waals surface area (Å²) in [7, 11) is 1.34. The molecule has 1 unspecified atom stereocenters. The fourth-order valence-electron chi connectivity index (χ4n) is 6.32. The van der Waals surface area contributed by atoms with Gasteiger partial charge in [-0.05, 0) is 66.1 Å². The van der Waals surface area contributed by atoms with E-state index in [-0.39, 0.29) is 16.1 Å². The maximum absolute atomic E-state index is 12.1. The van der Waals surface area contributed by atoms with Gasteiger partial charge < -0.3 is 19.0 Å². The lowest BCUT2D eigenvalue weighted by Gasteiger charge is -2.15. The molecule has 5 heterocycles. The molecule has 0 aliphatic heterocycles. The zero-order valence-electron chi connectivity index (χ0n) is 26.9. The molecular formula is C38H27Cl4N5O4. The van der Waals surface area contributed by atoms with Crippen LogP contribution in [0.25, 0.3) is 38.8 Å². The van der Waals surface area contributed by atoms with Crippen LogP contribution in [0.3, 0.4) is 0 Å². The summed E-state index contributed by atoms with van der Waals surface area (Å²) in [5.74, 6) is -1.40. The topological polar surface area (TPSA) is 112 Å². The first-order chi connectivity index (χ1) is 24.6. The minimum Gasteiger partial charge on any atom is -0.478 e. The second-order valence-corrected chi connectivity index (χ2v) is 13.7. The highest BCUT2D eigenvalue weighted by molar-refractivity contribution is 6.35. The molecule has 0 saturated heterocycles. The molecule has 1 N–H and O–H groups in total. The number of pyridine rings is 3. The Kier molecular flexibility index (Phi) is 9.72. The van der Waals surface area contributed by atoms with Crippen molar-refractivity contribution in [2.24, 2.45) is 0 Å². The third-order valence-electron chi connectivity index (χ3n) is 8.61. The maximum atomic E-state index is 12.1. The molecule has 1 aliphatic rings. The van der Waals surface area contributed by atoms with E-state index in [1.165, 1.54) is 7.11 Å². The van der Waals surface area contributed by atoms with E-state index in [0.29, 0.717) is 46.1 Å². The summed E-state index contributed by atoms with van der Waals surface area (Å²) in [6.45, 7) is 1.10. The van der Waals surface area contributed by atoms with E-state index in [0.717, 1.165) is 44.1 Å². The average molecular weight is 759 g/mol. The number of esters is 1. The summed E-state index contributed by atoms with van der Waals surface area (Å²) in [5.41, 5.74) is 6.85. The van der Waals surface area contributed by atoms with Crippen molar-refractivity contribution < 1.29 is 19.4 Å². The zero-order chi connectivity index (χ0) is 35.8. The zero-order valence-corrected chi connectivity index (χ0v) is 29.9. The van der Waals surface area contributed by atoms with Gasteiger partial charge in [-0.3, -0.25) is 9.97 Å². The molecule has 1 atom stereocenters. The first-order valence-corrected chi connectivity index (χ1v) is 17.2. The fourth-order valence-corrected chi connectivity index (χ4v) is 7.24. The van der Waals surface area contributed by atoms with Crippen molar-refractivity contribution >= 4 is 97.1 Å². The molecule has 2 aromatic carbocycles. The van der Waals surface area contributed by atoms with Crippen LogP contribution in [0, 0.1) is 0 Å². The lowest BCUT2D eigenvalue weighted by molar-refractivity contribution is 0.0601. The number of fused-ring (bicyclic) bond motifs is 4. The van der Waals surface area contributed by atoms with Crippen LogP contribution in [0.4, 0.5) is 0 Å². The van der Waals surface area contributed by atoms with Crippen LogP contribution in [0.15, 0.2) is 91.7 Å². The number of carboxylic acids is 1. The number of aromatic nitrogens is 5. The summed E-state index contributed by atoms with van der Waals surface area (Å²) in [5, 5.41) is 13.1. The summed E-state index contributed by atoms with van der Waals surface area (Å²) in [6.07, 6.45) is 12.8. The van der Waals surface area contributed by atoms with Gasteiger partial charge in [-0.1, -0.05) is 53.0 Å². The van der Waals surface area contributed by atoms with E-state index in [4.69, 9.17) is 51.1 Å². The fraction of sp³-hybridized carbons (Fsp3) is 0.132. The molecule has 5 aromatic heterocycles. The number of halogens is 4. The van der Waals surface area contributed by atoms with E-state index in [2.05, 4.69) is 15.0 Å². The standard InChI is InChI=1S/C19H13Cl2N3O2.C19H14Cl2N2O2/c1-26-19(25)14-10-24(16-4-5-22-18(21)17(14)16)9-11-2-3-15-12(6-11)7-13(20)8-23-15;20-13-7-12-6-11(4-5-16(12)22-8-13)9-23-10-14(19(24)25)18-15(21)2-1-3-17(18)23/h2-8,10H,9H2,1H3;1,3-8,10,15H,2,9H2,(H,24,25). The van der Waals surface area contributed by atoms with Crippen molar-refractivity contribution in [3.05, 3.63) is 140 Å². The Bertz CT molecular complexity index is 2530. The number of carbonyl (C=O) groups excluding carboxylic acids is 1. The average Bonchev–Trinajstić information content (AvgIpc) is 3.68. The first-order valence-electron chi connectivity index (χ1n) is 15.7. The lowest BCUT2D eigenvalue weighted by atomic mass is 10.00. The number of rotatable bonds is 6. The maximum Gasteiger partial charge on any atom is 0.340 e. The number of allylic oxidation sites excluding steroid dienone is 1. The summed E-state index contributed by atoms with van der Waals surface area (Å²) < 4.78 is 8.76. The van der Waals surface area contributed by atoms with E-state index in [9.17, 15) is 14.7 Å². The van der Waals surface area contributed by atoms with E-state index in [1.54, 1.807) is 31.0 Å². The number of hydrogen-bond acceptors (Lipinski definition) is 6. The molecule has 256 valence electrons. The number of ether oxygens (including phenoxy) is 1. The van der Waals surface area contributed by atoms with Crippen LogP contribution >= 0.6 is 46.4 Å². The first kappa shape index (κ1) is 34.5. The predicted octanol–water partition coefficient (Wildman–Crippen LogP) is 9.86. The van der Waals surface area contributed by atoms with Gasteiger partial charge in [0.1, 0.15) is 5.15 Å². The van der Waals surface area contributed by atoms with Crippen molar-refractivity contribution in [1.29, 1.82) is 0 Å². The van der Waals surface area contributed by atoms with Gasteiger partial charge in [0.2, 0.25) is 0 Å². The van der Waals surface area contributed by atoms with Crippen LogP contribution < -0.4 is 0 Å². The van der Waals surface area contributed by atoms with Gasteiger partial charge in [0.05, 0.1) is 55.6 Å². The number of benzene rings is 2. The Labute approximate surface area is 311 Å². The Hall–Kier alpha value is -4.93. The summed E-state index contributed by atoms with van der Waals surface area (Å²) >= 11 is 24.6. The molecule has 13 heteroatoms. The van der Waals surface area contributed by atoms with Gasteiger partial charge in [-0.25, -0.2) is 14.6 Å². The highest BCUT2D eigenvalue weighted by Gasteiger charge is 2.26. The van der Waals surface area contributed by atoms with Gasteiger partial charge in [-0.15, -0.1) is 11.6 Å². The van der Waals surface area contributed by atoms with Crippen LogP contribution in [0.1, 0.15) is 54.9 Å². The Balaban J connectivity index is 0.000000159. The van der Waals surface area contributed by atoms with Gasteiger partial charge >= 0.3 is 11.9 Å². The third-order valence-corrected chi connectivity index (χ3v) is 9.70. The number of hydrogen-bond donors (Lipinski definition) is 1. The molecule has 0 bridgehead atoms. The molecule has 7 aromatic rings. The van der Waals surface area contributed by atoms with Gasteiger partial charge in [0.15, 0.2) is 0 Å². The minimum atomic E-state index is -0.953. The predicted molar refractivity (Wildman–Crippen MR) is 201 cm³/mol. The molecule has 0 fully saturated rings. The highest BCUT2D eigenvalue weighted by atomic mass is 35.5. The largest absolute Gasteiger partial charge is 0.478 e. The molecule has 0 spiro atoms. The number of methoxy groups -OCH3 is 1. The SMILES string of the molecule is COC(=O)c1cn(Cc2ccc3ncc(Cl)cc3c2)c2ccnc(Cl)c12.O=C(O)c1cn(Cc2ccc3ncc(Cl)cc3c2)c2c1C(Cl)CC=C2. The number of carbonyl (C=O) groups is 2. The molecule has 0 radical (unpaired) electrons. The van der Waals surface area contributed by atoms with Crippen molar-refractivity contribution in [3.63, 3.8) is 0 Å². The number of nitrogens with zero attached hydrogens (tertiary/aromatic N) is 5. The van der Waals surface area contributed by atoms with Crippen molar-refractivity contribution in [1.82, 2.24) is 24.1 Å². The third kappa shape index (κ3) is 7.03. The van der Waals surface area contributed by atoms with E-state index in [1.807, 2.05) is 75.9 Å². The lowest BCUT2D eigenvalue weighted by Crippen LogP contribution is -2.05. The Morgan fingerprint density at radius 3 is 2.06 bits per heavy atom. The molecule has 0 saturated carbocycles. The Morgan fingerprint density at radius 1 is 0.843 bits per heavy atom. The van der Waals surface area contributed by atoms with Crippen LogP contribution in [0.2, 0.25) is 15.2 Å². The van der Waals surface area contributed by atoms with Crippen molar-refractivity contribution in [2.45, 2.75) is 24.9 Å². The second-order valence-electron chi connectivity index (χ2n) is 11.9. The number of aromatic carboxylic acids is 1. The molecule has 1 aliphatic carbocycles. The van der Waals surface area contributed by atoms with Gasteiger partial charge in [0, 0.05) is 66.1 Å². The number of carboxylic acid groups (broad SMARTS) is 1. The second kappa shape index (κ2) is 14.4. The van der Waals surface area contributed by atoms with Gasteiger partial charge in [0.25, 0.3) is 0 Å². The highest BCUT2D eigenvalue weighted by Crippen LogP contribution is 2.37. The smallest absolute Gasteiger partial charge is 0.340 e. The number of alkyl halides is 1. The van der Waals surface area contributed by atoms with E-state index < -0.39 is 11.9 Å². The molecule has 0 amide bonds. The van der Waals surface area contributed by atoms with Crippen LogP contribution in [-0.4, -0.2) is 48.2 Å². The van der Waals surface area contributed by atoms with E-state index >= 15 is 0 Å². The molecule has 8 rings (SSSR count). The van der Waals surface area contributed by atoms with Crippen LogP contribution in [-0.2, 0) is 17.8 Å². The molecule has 51 heavy (non-hydrogen) atoms. The monoisotopic (exact) mass is 757 g/mol. The Morgan fingerprint density at radius 2 is 1.45 bits per heavy atom. The molecular weight excluding hydrogens is 732 g/mol. The normalized spacial score (nSPS) is 13.6. The minimum absolute atomic E-state index is 0.268. The summed E-state index contributed by atoms with van der Waals surface area (Å²) in [4.78, 5) is 36.4. The van der Waals surface area contributed by atoms with Crippen LogP contribution in [0.5, 0.6) is 0 Å². The quantitative estimate of drug-likeness (QED) is 0.102. The van der Waals surface area contributed by atoms with Crippen molar-refractivity contribution in [3.8, 4) is 0 Å². The van der Waals surface area contributed by atoms with Gasteiger partial charge in [-0.2, -0.15) is 0 Å². The summed E-state index contributed by atoms with van der Waals surface area (Å²) in [6, 6.07) is 17.5.